The van der Waals surface area contributed by atoms with E-state index in [0.29, 0.717) is 7.35 Å². The molecule has 0 amide bonds. The third-order valence-corrected chi connectivity index (χ3v) is 40.3. The monoisotopic (exact) mass is 729 g/mol. The van der Waals surface area contributed by atoms with Gasteiger partial charge >= 0.3 is 228 Å². The summed E-state index contributed by atoms with van der Waals surface area (Å²) in [7, 11) is 0. The fourth-order valence-corrected chi connectivity index (χ4v) is 46.8. The topological polar surface area (TPSA) is 6.48 Å². The third-order valence-electron chi connectivity index (χ3n) is 7.40. The van der Waals surface area contributed by atoms with Crippen molar-refractivity contribution < 1.29 is 45.4 Å². The van der Waals surface area contributed by atoms with Crippen LogP contribution in [0.15, 0.2) is 110 Å². The van der Waals surface area contributed by atoms with E-state index in [4.69, 9.17) is 0 Å². The van der Waals surface area contributed by atoms with Gasteiger partial charge in [-0.1, -0.05) is 0 Å². The summed E-state index contributed by atoms with van der Waals surface area (Å²) in [4.78, 5) is 0. The molecule has 0 saturated heterocycles. The largest absolute Gasteiger partial charge is 1.00 e. The number of hydrogen-bond acceptors (Lipinski definition) is 2. The van der Waals surface area contributed by atoms with Crippen LogP contribution < -0.4 is 24.8 Å². The summed E-state index contributed by atoms with van der Waals surface area (Å²) in [6, 6.07) is 18.3. The predicted octanol–water partition coefficient (Wildman–Crippen LogP) is 0.994. The fourth-order valence-electron chi connectivity index (χ4n) is 6.17. The van der Waals surface area contributed by atoms with Crippen molar-refractivity contribution in [2.45, 2.75) is 21.2 Å². The van der Waals surface area contributed by atoms with Crippen molar-refractivity contribution in [2.24, 2.45) is 0 Å². The van der Waals surface area contributed by atoms with Crippen LogP contribution in [-0.2, 0) is 20.6 Å². The Morgan fingerprint density at radius 2 is 1.00 bits per heavy atom. The molecule has 0 aliphatic heterocycles. The van der Waals surface area contributed by atoms with E-state index in [1.54, 1.807) is 22.3 Å². The minimum atomic E-state index is -2.71. The van der Waals surface area contributed by atoms with Crippen LogP contribution >= 0.6 is 0 Å². The number of halogens is 2. The molecule has 0 fully saturated rings. The van der Waals surface area contributed by atoms with Crippen LogP contribution in [0.1, 0.15) is 43.5 Å². The SMILES string of the molecule is C=CCN(CC=C)[SiH](N(CC=C)CC=C)[Hf+2]([CH]1C(C)=Cc2ccccc21)[CH]1C(C)=Cc2ccccc21.[Cl-].[Cl-]. The summed E-state index contributed by atoms with van der Waals surface area (Å²) in [5.74, 6) is 0. The normalized spacial score (nSPS) is 17.1. The molecule has 0 saturated carbocycles. The first-order chi connectivity index (χ1) is 17.5. The number of allylic oxidation sites excluding steroid dienone is 2. The molecule has 2 unspecified atom stereocenters. The molecule has 0 bridgehead atoms. The molecule has 2 aliphatic rings. The van der Waals surface area contributed by atoms with Gasteiger partial charge in [0.05, 0.1) is 0 Å². The second kappa shape index (κ2) is 15.3. The van der Waals surface area contributed by atoms with Gasteiger partial charge in [0.2, 0.25) is 0 Å². The van der Waals surface area contributed by atoms with E-state index in [0.717, 1.165) is 26.2 Å². The quantitative estimate of drug-likeness (QED) is 0.225. The van der Waals surface area contributed by atoms with Gasteiger partial charge in [0.25, 0.3) is 0 Å². The summed E-state index contributed by atoms with van der Waals surface area (Å²) in [5.41, 5.74) is 9.06. The first-order valence-electron chi connectivity index (χ1n) is 12.9. The second-order valence-electron chi connectivity index (χ2n) is 9.84. The number of fused-ring (bicyclic) bond motifs is 2. The molecule has 0 radical (unpaired) electrons. The molecule has 0 heterocycles. The first kappa shape index (κ1) is 32.7. The van der Waals surface area contributed by atoms with Crippen molar-refractivity contribution in [2.75, 3.05) is 26.2 Å². The number of rotatable bonds is 13. The Balaban J connectivity index is 0.00000253. The summed E-state index contributed by atoms with van der Waals surface area (Å²) >= 11 is -2.71. The molecule has 2 aromatic carbocycles. The zero-order valence-electron chi connectivity index (χ0n) is 22.6. The molecule has 199 valence electrons. The van der Waals surface area contributed by atoms with Gasteiger partial charge in [-0.2, -0.15) is 0 Å². The van der Waals surface area contributed by atoms with Crippen molar-refractivity contribution >= 4 is 18.5 Å². The van der Waals surface area contributed by atoms with Gasteiger partial charge in [-0.15, -0.1) is 0 Å². The fraction of sp³-hybridized carbons (Fsp3) is 0.250. The molecule has 2 aliphatic carbocycles. The summed E-state index contributed by atoms with van der Waals surface area (Å²) in [6.45, 7) is 25.0. The molecular formula is C32H39Cl2HfN2Si. The molecule has 4 rings (SSSR count). The minimum Gasteiger partial charge on any atom is -1.00 e. The molecule has 38 heavy (non-hydrogen) atoms. The van der Waals surface area contributed by atoms with Crippen LogP contribution in [0, 0.1) is 0 Å². The van der Waals surface area contributed by atoms with E-state index in [1.165, 1.54) is 11.1 Å². The third kappa shape index (κ3) is 6.60. The Kier molecular flexibility index (Phi) is 13.2. The van der Waals surface area contributed by atoms with E-state index >= 15 is 0 Å². The van der Waals surface area contributed by atoms with Crippen LogP contribution in [0.5, 0.6) is 0 Å². The maximum atomic E-state index is 4.16. The van der Waals surface area contributed by atoms with Gasteiger partial charge in [-0.3, -0.25) is 0 Å². The molecule has 0 aromatic heterocycles. The maximum absolute atomic E-state index is 4.16. The Hall–Kier alpha value is -1.53. The zero-order chi connectivity index (χ0) is 25.7. The van der Waals surface area contributed by atoms with Gasteiger partial charge in [0.15, 0.2) is 0 Å². The van der Waals surface area contributed by atoms with Gasteiger partial charge in [-0.05, 0) is 0 Å². The summed E-state index contributed by atoms with van der Waals surface area (Å²) in [6.07, 6.45) is 11.6. The first-order valence-corrected chi connectivity index (χ1v) is 24.9. The van der Waals surface area contributed by atoms with Crippen molar-refractivity contribution in [3.05, 3.63) is 133 Å². The van der Waals surface area contributed by atoms with Crippen molar-refractivity contribution in [3.8, 4) is 0 Å². The van der Waals surface area contributed by atoms with Crippen LogP contribution in [0.3, 0.4) is 0 Å². The van der Waals surface area contributed by atoms with Crippen molar-refractivity contribution in [3.63, 3.8) is 0 Å². The van der Waals surface area contributed by atoms with Crippen molar-refractivity contribution in [1.82, 2.24) is 9.13 Å². The van der Waals surface area contributed by atoms with Gasteiger partial charge in [-0.25, -0.2) is 0 Å². The molecular weight excluding hydrogens is 690 g/mol. The molecule has 0 spiro atoms. The smallest absolute Gasteiger partial charge is 1.00 e. The molecule has 6 heteroatoms. The van der Waals surface area contributed by atoms with Crippen LogP contribution in [0.4, 0.5) is 0 Å². The van der Waals surface area contributed by atoms with Crippen LogP contribution in [-0.4, -0.2) is 41.6 Å². The van der Waals surface area contributed by atoms with Gasteiger partial charge in [0.1, 0.15) is 0 Å². The Morgan fingerprint density at radius 1 is 0.658 bits per heavy atom. The number of nitrogens with zero attached hydrogens (tertiary/aromatic N) is 2. The van der Waals surface area contributed by atoms with Crippen LogP contribution in [0.2, 0.25) is 0 Å². The molecule has 2 nitrogen and oxygen atoms in total. The number of benzene rings is 2. The van der Waals surface area contributed by atoms with E-state index in [9.17, 15) is 0 Å². The predicted molar refractivity (Wildman–Crippen MR) is 157 cm³/mol. The molecule has 0 N–H and O–H groups in total. The molecule has 2 atom stereocenters. The van der Waals surface area contributed by atoms with E-state index in [-0.39, 0.29) is 24.8 Å². The standard InChI is InChI=1S/C12H21N2Si.2C10H9.2ClH.Hf/c1-5-9-13(10-6-2)15-14(11-7-3)12-8-4;2*1-8-6-9-4-2-3-5-10(9)7-8;;;/h5-8,15H,1-4,9-12H2;2*2-7H,1H3;2*1H;/q;;;;;+2/p-2. The van der Waals surface area contributed by atoms with Crippen LogP contribution in [0.25, 0.3) is 12.2 Å². The Labute approximate surface area is 251 Å². The minimum absolute atomic E-state index is 0. The Morgan fingerprint density at radius 3 is 1.34 bits per heavy atom. The van der Waals surface area contributed by atoms with E-state index in [2.05, 4.69) is 134 Å². The maximum Gasteiger partial charge on any atom is -1.00 e. The summed E-state index contributed by atoms with van der Waals surface area (Å²) in [5, 5.41) is 0. The summed E-state index contributed by atoms with van der Waals surface area (Å²) < 4.78 is 6.66. The Bertz CT molecular complexity index is 1100. The van der Waals surface area contributed by atoms with E-state index < -0.39 is 26.9 Å². The average molecular weight is 729 g/mol. The van der Waals surface area contributed by atoms with E-state index in [1.807, 2.05) is 0 Å². The zero-order valence-corrected chi connectivity index (χ0v) is 28.9. The number of hydrogen-bond donors (Lipinski definition) is 0. The molecule has 2 aromatic rings. The average Bonchev–Trinajstić information content (AvgIpc) is 3.38. The second-order valence-corrected chi connectivity index (χ2v) is 30.8. The van der Waals surface area contributed by atoms with Crippen molar-refractivity contribution in [1.29, 1.82) is 0 Å². The van der Waals surface area contributed by atoms with Gasteiger partial charge < -0.3 is 24.8 Å². The van der Waals surface area contributed by atoms with Gasteiger partial charge in [0, 0.05) is 0 Å².